The summed E-state index contributed by atoms with van der Waals surface area (Å²) in [7, 11) is -4.02. The molecule has 3 rings (SSSR count). The summed E-state index contributed by atoms with van der Waals surface area (Å²) in [5, 5.41) is 2.77. The predicted octanol–water partition coefficient (Wildman–Crippen LogP) is 1.67. The molecule has 1 atom stereocenters. The Hall–Kier alpha value is -2.78. The van der Waals surface area contributed by atoms with Gasteiger partial charge in [-0.05, 0) is 37.1 Å². The first-order chi connectivity index (χ1) is 13.3. The van der Waals surface area contributed by atoms with Crippen molar-refractivity contribution >= 4 is 21.9 Å². The molecule has 1 saturated carbocycles. The summed E-state index contributed by atoms with van der Waals surface area (Å²) in [6.07, 6.45) is 0.571. The molecule has 0 unspecified atom stereocenters. The van der Waals surface area contributed by atoms with Crippen LogP contribution < -0.4 is 10.0 Å². The quantitative estimate of drug-likeness (QED) is 0.650. The van der Waals surface area contributed by atoms with Crippen molar-refractivity contribution in [2.75, 3.05) is 6.54 Å². The zero-order valence-electron chi connectivity index (χ0n) is 14.8. The van der Waals surface area contributed by atoms with E-state index in [2.05, 4.69) is 10.0 Å². The number of benzene rings is 2. The summed E-state index contributed by atoms with van der Waals surface area (Å²) in [6.45, 7) is -0.667. The van der Waals surface area contributed by atoms with Gasteiger partial charge < -0.3 is 10.1 Å². The van der Waals surface area contributed by atoms with Gasteiger partial charge in [0.2, 0.25) is 16.1 Å². The Balaban J connectivity index is 1.64. The second kappa shape index (κ2) is 8.49. The Labute approximate surface area is 161 Å². The van der Waals surface area contributed by atoms with Crippen molar-refractivity contribution in [1.82, 2.24) is 10.0 Å². The third-order valence-corrected chi connectivity index (χ3v) is 5.46. The molecular weight excluding hydrogens is 387 g/mol. The van der Waals surface area contributed by atoms with Crippen molar-refractivity contribution in [2.45, 2.75) is 29.9 Å². The van der Waals surface area contributed by atoms with Gasteiger partial charge in [0, 0.05) is 11.6 Å². The summed E-state index contributed by atoms with van der Waals surface area (Å²) >= 11 is 0. The number of ether oxygens (including phenoxy) is 1. The van der Waals surface area contributed by atoms with E-state index in [1.54, 1.807) is 30.3 Å². The number of hydrogen-bond acceptors (Lipinski definition) is 5. The van der Waals surface area contributed by atoms with Crippen LogP contribution in [-0.2, 0) is 24.3 Å². The van der Waals surface area contributed by atoms with E-state index in [1.807, 2.05) is 0 Å². The summed E-state index contributed by atoms with van der Waals surface area (Å²) in [6, 6.07) is 12.7. The molecule has 0 bridgehead atoms. The van der Waals surface area contributed by atoms with E-state index in [1.165, 1.54) is 0 Å². The molecule has 2 N–H and O–H groups in total. The zero-order valence-corrected chi connectivity index (χ0v) is 15.6. The van der Waals surface area contributed by atoms with Crippen molar-refractivity contribution in [2.24, 2.45) is 0 Å². The van der Waals surface area contributed by atoms with Gasteiger partial charge in [-0.15, -0.1) is 0 Å². The molecule has 1 aliphatic carbocycles. The first-order valence-corrected chi connectivity index (χ1v) is 10.1. The lowest BCUT2D eigenvalue weighted by Gasteiger charge is -2.18. The fraction of sp³-hybridized carbons (Fsp3) is 0.263. The van der Waals surface area contributed by atoms with Crippen LogP contribution in [0.3, 0.4) is 0 Å². The van der Waals surface area contributed by atoms with Crippen molar-refractivity contribution in [1.29, 1.82) is 0 Å². The highest BCUT2D eigenvalue weighted by atomic mass is 32.2. The van der Waals surface area contributed by atoms with E-state index in [9.17, 15) is 22.4 Å². The average molecular weight is 406 g/mol. The molecule has 0 spiro atoms. The molecule has 1 fully saturated rings. The number of esters is 1. The van der Waals surface area contributed by atoms with E-state index in [4.69, 9.17) is 4.74 Å². The Kier molecular flexibility index (Phi) is 6.05. The number of rotatable bonds is 8. The number of nitrogens with one attached hydrogen (secondary N) is 2. The monoisotopic (exact) mass is 406 g/mol. The summed E-state index contributed by atoms with van der Waals surface area (Å²) in [4.78, 5) is 24.4. The minimum atomic E-state index is -4.02. The number of amides is 1. The maximum Gasteiger partial charge on any atom is 0.322 e. The van der Waals surface area contributed by atoms with Crippen LogP contribution in [0.25, 0.3) is 0 Å². The van der Waals surface area contributed by atoms with Gasteiger partial charge in [0.25, 0.3) is 5.91 Å². The molecule has 0 heterocycles. The van der Waals surface area contributed by atoms with Gasteiger partial charge in [-0.25, -0.2) is 12.8 Å². The molecule has 1 aliphatic rings. The van der Waals surface area contributed by atoms with E-state index < -0.39 is 40.4 Å². The molecule has 2 aromatic rings. The predicted molar refractivity (Wildman–Crippen MR) is 98.0 cm³/mol. The smallest absolute Gasteiger partial charge is 0.322 e. The molecule has 9 heteroatoms. The number of hydrogen-bond donors (Lipinski definition) is 2. The molecule has 7 nitrogen and oxygen atoms in total. The van der Waals surface area contributed by atoms with Crippen LogP contribution in [0.2, 0.25) is 0 Å². The highest BCUT2D eigenvalue weighted by molar-refractivity contribution is 7.89. The summed E-state index contributed by atoms with van der Waals surface area (Å²) in [5.41, 5.74) is 0.482. The highest BCUT2D eigenvalue weighted by Crippen LogP contribution is 2.23. The van der Waals surface area contributed by atoms with Gasteiger partial charge in [-0.3, -0.25) is 9.59 Å². The van der Waals surface area contributed by atoms with Crippen LogP contribution in [0.5, 0.6) is 0 Å². The largest absolute Gasteiger partial charge is 0.446 e. The lowest BCUT2D eigenvalue weighted by Crippen LogP contribution is -2.36. The third-order valence-electron chi connectivity index (χ3n) is 4.04. The van der Waals surface area contributed by atoms with Crippen LogP contribution in [-0.4, -0.2) is 32.9 Å². The topological polar surface area (TPSA) is 102 Å². The fourth-order valence-electron chi connectivity index (χ4n) is 2.43. The Morgan fingerprint density at radius 1 is 1.07 bits per heavy atom. The maximum atomic E-state index is 12.9. The molecule has 148 valence electrons. The van der Waals surface area contributed by atoms with Crippen molar-refractivity contribution < 1.29 is 27.1 Å². The van der Waals surface area contributed by atoms with E-state index >= 15 is 0 Å². The van der Waals surface area contributed by atoms with E-state index in [0.717, 1.165) is 37.1 Å². The normalized spacial score (nSPS) is 14.9. The Morgan fingerprint density at radius 2 is 1.71 bits per heavy atom. The maximum absolute atomic E-state index is 12.9. The van der Waals surface area contributed by atoms with E-state index in [0.29, 0.717) is 5.56 Å². The minimum Gasteiger partial charge on any atom is -0.446 e. The molecule has 1 amide bonds. The molecule has 0 saturated heterocycles. The number of carbonyl (C=O) groups is 2. The van der Waals surface area contributed by atoms with Gasteiger partial charge >= 0.3 is 5.97 Å². The van der Waals surface area contributed by atoms with E-state index in [-0.39, 0.29) is 10.9 Å². The highest BCUT2D eigenvalue weighted by Gasteiger charge is 2.31. The van der Waals surface area contributed by atoms with Crippen molar-refractivity contribution in [3.8, 4) is 0 Å². The second-order valence-corrected chi connectivity index (χ2v) is 8.11. The Bertz CT molecular complexity index is 944. The summed E-state index contributed by atoms with van der Waals surface area (Å²) < 4.78 is 44.6. The van der Waals surface area contributed by atoms with Crippen LogP contribution in [0.4, 0.5) is 4.39 Å². The molecule has 0 aliphatic heterocycles. The average Bonchev–Trinajstić information content (AvgIpc) is 3.49. The Morgan fingerprint density at radius 3 is 2.32 bits per heavy atom. The lowest BCUT2D eigenvalue weighted by atomic mass is 10.1. The fourth-order valence-corrected chi connectivity index (χ4v) is 3.40. The van der Waals surface area contributed by atoms with Gasteiger partial charge in [-0.1, -0.05) is 30.3 Å². The molecule has 2 aromatic carbocycles. The van der Waals surface area contributed by atoms with Crippen molar-refractivity contribution in [3.63, 3.8) is 0 Å². The molecular formula is C19H19FN2O5S. The van der Waals surface area contributed by atoms with Crippen LogP contribution in [0, 0.1) is 5.82 Å². The van der Waals surface area contributed by atoms with Gasteiger partial charge in [-0.2, -0.15) is 4.72 Å². The summed E-state index contributed by atoms with van der Waals surface area (Å²) in [5.74, 6) is -1.94. The van der Waals surface area contributed by atoms with Gasteiger partial charge in [0.1, 0.15) is 12.4 Å². The number of sulfonamides is 1. The van der Waals surface area contributed by atoms with Gasteiger partial charge in [0.05, 0.1) is 4.90 Å². The van der Waals surface area contributed by atoms with Crippen molar-refractivity contribution in [3.05, 3.63) is 66.0 Å². The van der Waals surface area contributed by atoms with Crippen LogP contribution >= 0.6 is 0 Å². The lowest BCUT2D eigenvalue weighted by molar-refractivity contribution is -0.155. The second-order valence-electron chi connectivity index (χ2n) is 6.34. The number of carbonyl (C=O) groups excluding carboxylic acids is 2. The van der Waals surface area contributed by atoms with Gasteiger partial charge in [0.15, 0.2) is 0 Å². The first kappa shape index (κ1) is 20.0. The molecule has 0 aromatic heterocycles. The first-order valence-electron chi connectivity index (χ1n) is 8.65. The molecule has 0 radical (unpaired) electrons. The standard InChI is InChI=1S/C19H19FN2O5S/c20-14-6-10-16(11-7-14)28(25,26)21-12-17(23)27-18(13-4-2-1-3-5-13)19(24)22-15-8-9-15/h1-7,10-11,15,18,21H,8-9,12H2,(H,22,24)/t18-/m1/s1. The third kappa shape index (κ3) is 5.37. The number of halogens is 1. The van der Waals surface area contributed by atoms with Crippen LogP contribution in [0.1, 0.15) is 24.5 Å². The minimum absolute atomic E-state index is 0.0781. The van der Waals surface area contributed by atoms with Crippen LogP contribution in [0.15, 0.2) is 59.5 Å². The SMILES string of the molecule is O=C(CNS(=O)(=O)c1ccc(F)cc1)O[C@@H](C(=O)NC1CC1)c1ccccc1. The molecule has 28 heavy (non-hydrogen) atoms. The zero-order chi connectivity index (χ0) is 20.1.